The van der Waals surface area contributed by atoms with Crippen molar-refractivity contribution in [2.45, 2.75) is 64.8 Å². The summed E-state index contributed by atoms with van der Waals surface area (Å²) in [5.41, 5.74) is 1.04. The fraction of sp³-hybridized carbons (Fsp3) is 0.647. The molecule has 1 heterocycles. The summed E-state index contributed by atoms with van der Waals surface area (Å²) in [5.74, 6) is 0.786. The third-order valence-corrected chi connectivity index (χ3v) is 4.35. The molecule has 4 heteroatoms. The van der Waals surface area contributed by atoms with Gasteiger partial charge in [0.25, 0.3) is 0 Å². The van der Waals surface area contributed by atoms with Crippen LogP contribution >= 0.6 is 0 Å². The first kappa shape index (κ1) is 15.8. The molecule has 0 aromatic carbocycles. The second-order valence-corrected chi connectivity index (χ2v) is 5.91. The van der Waals surface area contributed by atoms with Crippen molar-refractivity contribution in [3.63, 3.8) is 0 Å². The van der Waals surface area contributed by atoms with Crippen LogP contribution in [0.5, 0.6) is 0 Å². The Hall–Kier alpha value is -1.58. The summed E-state index contributed by atoms with van der Waals surface area (Å²) in [6, 6.07) is 4.46. The van der Waals surface area contributed by atoms with Crippen LogP contribution in [0.15, 0.2) is 18.3 Å². The van der Waals surface area contributed by atoms with E-state index in [1.165, 1.54) is 32.1 Å². The van der Waals surface area contributed by atoms with Crippen molar-refractivity contribution in [2.24, 2.45) is 5.92 Å². The molecule has 116 valence electrons. The number of amides is 1. The Labute approximate surface area is 127 Å². The van der Waals surface area contributed by atoms with Crippen LogP contribution in [0.25, 0.3) is 0 Å². The molecular weight excluding hydrogens is 262 g/mol. The minimum Gasteiger partial charge on any atom is -0.381 e. The number of aromatic nitrogens is 1. The van der Waals surface area contributed by atoms with Gasteiger partial charge in [-0.25, -0.2) is 4.98 Å². The van der Waals surface area contributed by atoms with E-state index in [1.807, 2.05) is 32.2 Å². The third-order valence-electron chi connectivity index (χ3n) is 4.35. The highest BCUT2D eigenvalue weighted by molar-refractivity contribution is 5.91. The number of rotatable bonds is 6. The fourth-order valence-electron chi connectivity index (χ4n) is 2.92. The van der Waals surface area contributed by atoms with E-state index >= 15 is 0 Å². The lowest BCUT2D eigenvalue weighted by atomic mass is 9.95. The first-order valence-electron chi connectivity index (χ1n) is 8.26. The van der Waals surface area contributed by atoms with E-state index in [0.717, 1.165) is 18.5 Å². The number of hydrogen-bond acceptors (Lipinski definition) is 3. The highest BCUT2D eigenvalue weighted by Gasteiger charge is 2.15. The molecule has 1 aromatic heterocycles. The normalized spacial score (nSPS) is 16.0. The average molecular weight is 289 g/mol. The van der Waals surface area contributed by atoms with Gasteiger partial charge in [0.2, 0.25) is 5.91 Å². The van der Waals surface area contributed by atoms with Crippen molar-refractivity contribution in [1.82, 2.24) is 4.98 Å². The Balaban J connectivity index is 1.87. The molecular formula is C17H27N3O. The van der Waals surface area contributed by atoms with E-state index in [0.29, 0.717) is 11.9 Å². The van der Waals surface area contributed by atoms with Crippen LogP contribution in [-0.4, -0.2) is 16.9 Å². The minimum absolute atomic E-state index is 0.0699. The Morgan fingerprint density at radius 3 is 2.52 bits per heavy atom. The molecule has 0 spiro atoms. The van der Waals surface area contributed by atoms with Gasteiger partial charge in [0.15, 0.2) is 0 Å². The van der Waals surface area contributed by atoms with Crippen molar-refractivity contribution in [2.75, 3.05) is 10.6 Å². The van der Waals surface area contributed by atoms with Crippen LogP contribution in [0.3, 0.4) is 0 Å². The van der Waals surface area contributed by atoms with Crippen LogP contribution in [0, 0.1) is 5.92 Å². The summed E-state index contributed by atoms with van der Waals surface area (Å²) >= 11 is 0. The van der Waals surface area contributed by atoms with Gasteiger partial charge in [0, 0.05) is 12.0 Å². The SMILES string of the molecule is CCC(CC)C(=O)Nc1ccc(NC2CCCCC2)cn1. The number of hydrogen-bond donors (Lipinski definition) is 2. The largest absolute Gasteiger partial charge is 0.381 e. The van der Waals surface area contributed by atoms with Crippen LogP contribution in [-0.2, 0) is 4.79 Å². The zero-order valence-electron chi connectivity index (χ0n) is 13.2. The molecule has 0 bridgehead atoms. The highest BCUT2D eigenvalue weighted by atomic mass is 16.1. The average Bonchev–Trinajstić information content (AvgIpc) is 2.51. The fourth-order valence-corrected chi connectivity index (χ4v) is 2.92. The van der Waals surface area contributed by atoms with E-state index in [9.17, 15) is 4.79 Å². The summed E-state index contributed by atoms with van der Waals surface area (Å²) in [7, 11) is 0. The molecule has 1 aliphatic rings. The first-order valence-corrected chi connectivity index (χ1v) is 8.26. The Kier molecular flexibility index (Phi) is 6.03. The Morgan fingerprint density at radius 1 is 1.24 bits per heavy atom. The number of carbonyl (C=O) groups is 1. The maximum atomic E-state index is 12.0. The molecule has 1 fully saturated rings. The minimum atomic E-state index is 0.0699. The summed E-state index contributed by atoms with van der Waals surface area (Å²) < 4.78 is 0. The summed E-state index contributed by atoms with van der Waals surface area (Å²) in [6.45, 7) is 4.08. The lowest BCUT2D eigenvalue weighted by Crippen LogP contribution is -2.23. The quantitative estimate of drug-likeness (QED) is 0.825. The van der Waals surface area contributed by atoms with Gasteiger partial charge < -0.3 is 10.6 Å². The van der Waals surface area contributed by atoms with Gasteiger partial charge in [-0.3, -0.25) is 4.79 Å². The van der Waals surface area contributed by atoms with E-state index in [1.54, 1.807) is 0 Å². The predicted octanol–water partition coefficient (Wildman–Crippen LogP) is 4.20. The van der Waals surface area contributed by atoms with E-state index in [-0.39, 0.29) is 11.8 Å². The molecule has 1 saturated carbocycles. The molecule has 1 amide bonds. The van der Waals surface area contributed by atoms with E-state index in [2.05, 4.69) is 15.6 Å². The molecule has 0 aliphatic heterocycles. The van der Waals surface area contributed by atoms with Gasteiger partial charge in [0.1, 0.15) is 5.82 Å². The second kappa shape index (κ2) is 8.01. The molecule has 0 atom stereocenters. The van der Waals surface area contributed by atoms with Gasteiger partial charge in [-0.05, 0) is 37.8 Å². The zero-order valence-corrected chi connectivity index (χ0v) is 13.2. The third kappa shape index (κ3) is 4.73. The van der Waals surface area contributed by atoms with Gasteiger partial charge in [-0.2, -0.15) is 0 Å². The van der Waals surface area contributed by atoms with Crippen molar-refractivity contribution in [3.05, 3.63) is 18.3 Å². The van der Waals surface area contributed by atoms with Crippen molar-refractivity contribution in [1.29, 1.82) is 0 Å². The predicted molar refractivity (Wildman–Crippen MR) is 87.4 cm³/mol. The Bertz CT molecular complexity index is 434. The molecule has 1 aliphatic carbocycles. The monoisotopic (exact) mass is 289 g/mol. The van der Waals surface area contributed by atoms with Crippen LogP contribution in [0.4, 0.5) is 11.5 Å². The van der Waals surface area contributed by atoms with Gasteiger partial charge in [-0.1, -0.05) is 33.1 Å². The van der Waals surface area contributed by atoms with Crippen LogP contribution < -0.4 is 10.6 Å². The zero-order chi connectivity index (χ0) is 15.1. The number of nitrogens with one attached hydrogen (secondary N) is 2. The van der Waals surface area contributed by atoms with Crippen molar-refractivity contribution in [3.8, 4) is 0 Å². The van der Waals surface area contributed by atoms with Gasteiger partial charge in [0.05, 0.1) is 11.9 Å². The smallest absolute Gasteiger partial charge is 0.228 e. The molecule has 0 radical (unpaired) electrons. The molecule has 0 saturated heterocycles. The number of pyridine rings is 1. The summed E-state index contributed by atoms with van der Waals surface area (Å²) in [6.07, 6.45) is 10.0. The molecule has 4 nitrogen and oxygen atoms in total. The standard InChI is InChI=1S/C17H27N3O/c1-3-13(4-2)17(21)20-16-11-10-15(12-18-16)19-14-8-6-5-7-9-14/h10-14,19H,3-9H2,1-2H3,(H,18,20,21). The number of nitrogens with zero attached hydrogens (tertiary/aromatic N) is 1. The molecule has 1 aromatic rings. The number of anilines is 2. The molecule has 2 rings (SSSR count). The summed E-state index contributed by atoms with van der Waals surface area (Å²) in [5, 5.41) is 6.43. The lowest BCUT2D eigenvalue weighted by molar-refractivity contribution is -0.120. The topological polar surface area (TPSA) is 54.0 Å². The van der Waals surface area contributed by atoms with Gasteiger partial charge in [-0.15, -0.1) is 0 Å². The van der Waals surface area contributed by atoms with Crippen molar-refractivity contribution < 1.29 is 4.79 Å². The van der Waals surface area contributed by atoms with Crippen molar-refractivity contribution >= 4 is 17.4 Å². The van der Waals surface area contributed by atoms with Crippen LogP contribution in [0.1, 0.15) is 58.8 Å². The Morgan fingerprint density at radius 2 is 1.95 bits per heavy atom. The molecule has 21 heavy (non-hydrogen) atoms. The van der Waals surface area contributed by atoms with E-state index in [4.69, 9.17) is 0 Å². The number of carbonyl (C=O) groups excluding carboxylic acids is 1. The second-order valence-electron chi connectivity index (χ2n) is 5.91. The first-order chi connectivity index (χ1) is 10.2. The maximum Gasteiger partial charge on any atom is 0.228 e. The lowest BCUT2D eigenvalue weighted by Gasteiger charge is -2.23. The van der Waals surface area contributed by atoms with E-state index < -0.39 is 0 Å². The van der Waals surface area contributed by atoms with Crippen LogP contribution in [0.2, 0.25) is 0 Å². The summed E-state index contributed by atoms with van der Waals surface area (Å²) in [4.78, 5) is 16.4. The van der Waals surface area contributed by atoms with Gasteiger partial charge >= 0.3 is 0 Å². The molecule has 2 N–H and O–H groups in total. The molecule has 0 unspecified atom stereocenters. The highest BCUT2D eigenvalue weighted by Crippen LogP contribution is 2.22. The maximum absolute atomic E-state index is 12.0.